The number of fused-ring (bicyclic) bond motifs is 1. The van der Waals surface area contributed by atoms with Crippen LogP contribution in [0.3, 0.4) is 0 Å². The van der Waals surface area contributed by atoms with Gasteiger partial charge in [0.1, 0.15) is 5.82 Å². The minimum absolute atomic E-state index is 0.173. The van der Waals surface area contributed by atoms with Crippen LogP contribution in [0, 0.1) is 0 Å². The number of nitrogens with one attached hydrogen (secondary N) is 2. The Labute approximate surface area is 122 Å². The maximum Gasteiger partial charge on any atom is 0.295 e. The van der Waals surface area contributed by atoms with Crippen LogP contribution in [0.25, 0.3) is 10.8 Å². The highest BCUT2D eigenvalue weighted by Gasteiger charge is 2.12. The molecule has 5 heteroatoms. The van der Waals surface area contributed by atoms with Gasteiger partial charge in [-0.1, -0.05) is 37.3 Å². The van der Waals surface area contributed by atoms with Crippen molar-refractivity contribution < 1.29 is 4.79 Å². The van der Waals surface area contributed by atoms with Gasteiger partial charge >= 0.3 is 0 Å². The molecule has 0 unspecified atom stereocenters. The Morgan fingerprint density at radius 2 is 2.00 bits per heavy atom. The molecule has 0 radical (unpaired) electrons. The molecule has 3 aromatic rings. The maximum atomic E-state index is 12.1. The van der Waals surface area contributed by atoms with Crippen molar-refractivity contribution in [2.75, 3.05) is 5.32 Å². The highest BCUT2D eigenvalue weighted by Crippen LogP contribution is 2.19. The van der Waals surface area contributed by atoms with Gasteiger partial charge in [0.2, 0.25) is 5.82 Å². The number of amides is 1. The lowest BCUT2D eigenvalue weighted by Crippen LogP contribution is -2.13. The van der Waals surface area contributed by atoms with Crippen molar-refractivity contribution in [3.05, 3.63) is 54.1 Å². The normalized spacial score (nSPS) is 10.7. The van der Waals surface area contributed by atoms with Crippen LogP contribution in [0.2, 0.25) is 0 Å². The second-order valence-electron chi connectivity index (χ2n) is 4.87. The fraction of sp³-hybridized carbons (Fsp3) is 0.188. The number of aromatic nitrogens is 3. The molecule has 3 rings (SSSR count). The summed E-state index contributed by atoms with van der Waals surface area (Å²) in [6, 6.07) is 13.8. The molecule has 0 atom stereocenters. The van der Waals surface area contributed by atoms with E-state index in [2.05, 4.69) is 27.4 Å². The second kappa shape index (κ2) is 5.75. The fourth-order valence-corrected chi connectivity index (χ4v) is 2.20. The number of hydrogen-bond donors (Lipinski definition) is 2. The van der Waals surface area contributed by atoms with Crippen molar-refractivity contribution in [3.8, 4) is 0 Å². The van der Waals surface area contributed by atoms with Crippen LogP contribution in [-0.2, 0) is 6.42 Å². The minimum Gasteiger partial charge on any atom is -0.319 e. The van der Waals surface area contributed by atoms with E-state index in [4.69, 9.17) is 0 Å². The molecule has 0 aliphatic rings. The van der Waals surface area contributed by atoms with Gasteiger partial charge in [0, 0.05) is 12.1 Å². The number of anilines is 1. The molecule has 106 valence electrons. The van der Waals surface area contributed by atoms with Gasteiger partial charge in [-0.15, -0.1) is 5.10 Å². The van der Waals surface area contributed by atoms with Crippen LogP contribution in [-0.4, -0.2) is 21.1 Å². The zero-order valence-electron chi connectivity index (χ0n) is 11.8. The molecule has 1 amide bonds. The second-order valence-corrected chi connectivity index (χ2v) is 4.87. The van der Waals surface area contributed by atoms with Gasteiger partial charge in [-0.2, -0.15) is 0 Å². The number of aromatic amines is 1. The number of H-pyrrole nitrogens is 1. The number of hydrogen-bond acceptors (Lipinski definition) is 3. The third kappa shape index (κ3) is 2.91. The van der Waals surface area contributed by atoms with E-state index in [9.17, 15) is 4.79 Å². The number of benzene rings is 2. The molecule has 0 saturated carbocycles. The number of rotatable bonds is 4. The summed E-state index contributed by atoms with van der Waals surface area (Å²) >= 11 is 0. The van der Waals surface area contributed by atoms with Crippen LogP contribution in [0.1, 0.15) is 29.8 Å². The quantitative estimate of drug-likeness (QED) is 0.771. The zero-order chi connectivity index (χ0) is 14.7. The van der Waals surface area contributed by atoms with Crippen molar-refractivity contribution in [1.29, 1.82) is 0 Å². The molecule has 0 aliphatic carbocycles. The number of carbonyl (C=O) groups is 1. The molecule has 1 aromatic heterocycles. The van der Waals surface area contributed by atoms with E-state index in [-0.39, 0.29) is 11.7 Å². The van der Waals surface area contributed by atoms with Gasteiger partial charge in [0.05, 0.1) is 0 Å². The zero-order valence-corrected chi connectivity index (χ0v) is 11.8. The summed E-state index contributed by atoms with van der Waals surface area (Å²) in [6.07, 6.45) is 1.75. The number of carbonyl (C=O) groups excluding carboxylic acids is 1. The summed E-state index contributed by atoms with van der Waals surface area (Å²) in [5.74, 6) is 0.608. The van der Waals surface area contributed by atoms with Crippen LogP contribution < -0.4 is 5.32 Å². The van der Waals surface area contributed by atoms with Crippen molar-refractivity contribution in [3.63, 3.8) is 0 Å². The van der Waals surface area contributed by atoms with Gasteiger partial charge in [0.25, 0.3) is 5.91 Å². The Bertz CT molecular complexity index is 779. The highest BCUT2D eigenvalue weighted by molar-refractivity contribution is 6.02. The first-order valence-corrected chi connectivity index (χ1v) is 6.97. The van der Waals surface area contributed by atoms with Gasteiger partial charge in [-0.3, -0.25) is 9.89 Å². The lowest BCUT2D eigenvalue weighted by molar-refractivity contribution is 0.101. The lowest BCUT2D eigenvalue weighted by atomic mass is 10.1. The Morgan fingerprint density at radius 3 is 2.81 bits per heavy atom. The van der Waals surface area contributed by atoms with Crippen molar-refractivity contribution in [1.82, 2.24) is 15.2 Å². The Morgan fingerprint density at radius 1 is 1.19 bits per heavy atom. The fourth-order valence-electron chi connectivity index (χ4n) is 2.20. The summed E-state index contributed by atoms with van der Waals surface area (Å²) in [5, 5.41) is 11.8. The summed E-state index contributed by atoms with van der Waals surface area (Å²) in [7, 11) is 0. The molecule has 1 heterocycles. The highest BCUT2D eigenvalue weighted by atomic mass is 16.2. The monoisotopic (exact) mass is 280 g/mol. The molecule has 21 heavy (non-hydrogen) atoms. The van der Waals surface area contributed by atoms with Crippen molar-refractivity contribution >= 4 is 22.4 Å². The van der Waals surface area contributed by atoms with Crippen molar-refractivity contribution in [2.45, 2.75) is 19.8 Å². The Balaban J connectivity index is 1.78. The van der Waals surface area contributed by atoms with Crippen LogP contribution >= 0.6 is 0 Å². The molecule has 0 spiro atoms. The Kier molecular flexibility index (Phi) is 3.64. The minimum atomic E-state index is -0.302. The van der Waals surface area contributed by atoms with E-state index in [1.807, 2.05) is 42.5 Å². The third-order valence-corrected chi connectivity index (χ3v) is 3.23. The predicted octanol–water partition coefficient (Wildman–Crippen LogP) is 3.16. The van der Waals surface area contributed by atoms with Crippen LogP contribution in [0.5, 0.6) is 0 Å². The molecular formula is C16H16N4O. The smallest absolute Gasteiger partial charge is 0.295 e. The van der Waals surface area contributed by atoms with E-state index in [0.717, 1.165) is 35.1 Å². The number of nitrogens with zero attached hydrogens (tertiary/aromatic N) is 2. The van der Waals surface area contributed by atoms with E-state index in [1.165, 1.54) is 0 Å². The largest absolute Gasteiger partial charge is 0.319 e. The standard InChI is InChI=1S/C16H16N4O/c1-2-5-14-18-15(20-19-14)16(21)17-13-9-8-11-6-3-4-7-12(11)10-13/h3-4,6-10H,2,5H2,1H3,(H,17,21)(H,18,19,20). The van der Waals surface area contributed by atoms with Gasteiger partial charge < -0.3 is 5.32 Å². The molecule has 5 nitrogen and oxygen atoms in total. The molecule has 0 saturated heterocycles. The van der Waals surface area contributed by atoms with Gasteiger partial charge in [-0.25, -0.2) is 4.98 Å². The van der Waals surface area contributed by atoms with Gasteiger partial charge in [-0.05, 0) is 29.3 Å². The molecule has 0 bridgehead atoms. The summed E-state index contributed by atoms with van der Waals surface area (Å²) in [6.45, 7) is 2.05. The van der Waals surface area contributed by atoms with E-state index in [1.54, 1.807) is 0 Å². The number of aryl methyl sites for hydroxylation is 1. The predicted molar refractivity (Wildman–Crippen MR) is 82.3 cm³/mol. The molecule has 2 N–H and O–H groups in total. The first-order chi connectivity index (χ1) is 10.3. The average Bonchev–Trinajstić information content (AvgIpc) is 2.96. The average molecular weight is 280 g/mol. The topological polar surface area (TPSA) is 70.7 Å². The SMILES string of the molecule is CCCc1nc(C(=O)Nc2ccc3ccccc3c2)n[nH]1. The van der Waals surface area contributed by atoms with Crippen molar-refractivity contribution in [2.24, 2.45) is 0 Å². The first kappa shape index (κ1) is 13.3. The maximum absolute atomic E-state index is 12.1. The first-order valence-electron chi connectivity index (χ1n) is 6.97. The molecule has 0 fully saturated rings. The molecule has 2 aromatic carbocycles. The van der Waals surface area contributed by atoms with Crippen LogP contribution in [0.4, 0.5) is 5.69 Å². The lowest BCUT2D eigenvalue weighted by Gasteiger charge is -2.04. The Hall–Kier alpha value is -2.69. The molecule has 0 aliphatic heterocycles. The van der Waals surface area contributed by atoms with E-state index < -0.39 is 0 Å². The van der Waals surface area contributed by atoms with Gasteiger partial charge in [0.15, 0.2) is 0 Å². The summed E-state index contributed by atoms with van der Waals surface area (Å²) in [4.78, 5) is 16.3. The summed E-state index contributed by atoms with van der Waals surface area (Å²) in [5.41, 5.74) is 0.737. The van der Waals surface area contributed by atoms with E-state index >= 15 is 0 Å². The third-order valence-electron chi connectivity index (χ3n) is 3.23. The van der Waals surface area contributed by atoms with Crippen LogP contribution in [0.15, 0.2) is 42.5 Å². The summed E-state index contributed by atoms with van der Waals surface area (Å²) < 4.78 is 0. The molecular weight excluding hydrogens is 264 g/mol. The van der Waals surface area contributed by atoms with E-state index in [0.29, 0.717) is 0 Å².